The molecule has 3 aromatic rings. The molecule has 0 aliphatic heterocycles. The minimum Gasteiger partial charge on any atom is -0.352 e. The number of amides is 2. The van der Waals surface area contributed by atoms with Crippen LogP contribution in [-0.4, -0.2) is 43.8 Å². The van der Waals surface area contributed by atoms with E-state index in [0.29, 0.717) is 15.6 Å². The summed E-state index contributed by atoms with van der Waals surface area (Å²) in [6, 6.07) is 18.7. The summed E-state index contributed by atoms with van der Waals surface area (Å²) in [6.07, 6.45) is 0.720. The zero-order valence-electron chi connectivity index (χ0n) is 22.4. The van der Waals surface area contributed by atoms with E-state index in [1.54, 1.807) is 61.5 Å². The van der Waals surface area contributed by atoms with Crippen LogP contribution in [0.1, 0.15) is 38.3 Å². The Kier molecular flexibility index (Phi) is 10.4. The fraction of sp³-hybridized carbons (Fsp3) is 0.310. The summed E-state index contributed by atoms with van der Waals surface area (Å²) in [4.78, 5) is 28.4. The third-order valence-corrected chi connectivity index (χ3v) is 8.65. The van der Waals surface area contributed by atoms with Crippen LogP contribution in [0.15, 0.2) is 77.7 Å². The minimum atomic E-state index is -4.16. The monoisotopic (exact) mass is 589 g/mol. The molecule has 10 heteroatoms. The van der Waals surface area contributed by atoms with Crippen LogP contribution in [-0.2, 0) is 26.2 Å². The van der Waals surface area contributed by atoms with Gasteiger partial charge in [-0.25, -0.2) is 8.42 Å². The van der Waals surface area contributed by atoms with E-state index in [-0.39, 0.29) is 29.1 Å². The molecule has 0 fully saturated rings. The van der Waals surface area contributed by atoms with Crippen molar-refractivity contribution in [1.82, 2.24) is 10.2 Å². The molecule has 0 saturated carbocycles. The molecule has 0 heterocycles. The van der Waals surface area contributed by atoms with E-state index in [1.165, 1.54) is 23.1 Å². The van der Waals surface area contributed by atoms with Gasteiger partial charge < -0.3 is 10.2 Å². The van der Waals surface area contributed by atoms with E-state index in [2.05, 4.69) is 5.32 Å². The molecule has 2 amide bonds. The largest absolute Gasteiger partial charge is 0.352 e. The second kappa shape index (κ2) is 13.3. The van der Waals surface area contributed by atoms with Gasteiger partial charge in [0.25, 0.3) is 10.0 Å². The maximum Gasteiger partial charge on any atom is 0.264 e. The van der Waals surface area contributed by atoms with Crippen molar-refractivity contribution in [2.45, 2.75) is 57.6 Å². The summed E-state index contributed by atoms with van der Waals surface area (Å²) >= 11 is 12.4. The van der Waals surface area contributed by atoms with E-state index in [0.717, 1.165) is 16.3 Å². The standard InChI is InChI=1S/C29H33Cl2N3O4S/c1-5-21(3)32-29(36)22(4)33(18-23-8-6-9-24(30)16-23)28(35)19-34(26-11-7-10-25(31)17-26)39(37,38)27-14-12-20(2)13-15-27/h6-17,21-22H,5,18-19H2,1-4H3,(H,32,36)/t21-,22+/m1/s1. The highest BCUT2D eigenvalue weighted by Gasteiger charge is 2.33. The molecule has 2 atom stereocenters. The minimum absolute atomic E-state index is 0.0322. The quantitative estimate of drug-likeness (QED) is 0.305. The molecule has 0 bridgehead atoms. The Morgan fingerprint density at radius 3 is 2.13 bits per heavy atom. The Balaban J connectivity index is 2.03. The first-order chi connectivity index (χ1) is 18.4. The highest BCUT2D eigenvalue weighted by molar-refractivity contribution is 7.92. The van der Waals surface area contributed by atoms with Crippen molar-refractivity contribution in [3.05, 3.63) is 94.0 Å². The number of halogens is 2. The number of carbonyl (C=O) groups excluding carboxylic acids is 2. The highest BCUT2D eigenvalue weighted by Crippen LogP contribution is 2.27. The smallest absolute Gasteiger partial charge is 0.264 e. The van der Waals surface area contributed by atoms with Crippen molar-refractivity contribution in [3.63, 3.8) is 0 Å². The van der Waals surface area contributed by atoms with Crippen LogP contribution in [0.2, 0.25) is 10.0 Å². The van der Waals surface area contributed by atoms with Crippen molar-refractivity contribution >= 4 is 50.7 Å². The molecule has 3 rings (SSSR count). The lowest BCUT2D eigenvalue weighted by atomic mass is 10.1. The fourth-order valence-corrected chi connectivity index (χ4v) is 5.68. The van der Waals surface area contributed by atoms with E-state index in [9.17, 15) is 18.0 Å². The second-order valence-corrected chi connectivity index (χ2v) is 12.2. The molecule has 0 aromatic heterocycles. The number of hydrogen-bond acceptors (Lipinski definition) is 4. The predicted octanol–water partition coefficient (Wildman–Crippen LogP) is 5.83. The third kappa shape index (κ3) is 7.97. The van der Waals surface area contributed by atoms with E-state index < -0.39 is 28.5 Å². The third-order valence-electron chi connectivity index (χ3n) is 6.39. The number of carbonyl (C=O) groups is 2. The number of benzene rings is 3. The van der Waals surface area contributed by atoms with Crippen molar-refractivity contribution in [3.8, 4) is 0 Å². The maximum atomic E-state index is 13.9. The molecule has 39 heavy (non-hydrogen) atoms. The van der Waals surface area contributed by atoms with Gasteiger partial charge in [-0.1, -0.05) is 66.0 Å². The molecular formula is C29H33Cl2N3O4S. The van der Waals surface area contributed by atoms with Gasteiger partial charge in [-0.2, -0.15) is 0 Å². The molecule has 208 valence electrons. The van der Waals surface area contributed by atoms with Crippen LogP contribution < -0.4 is 9.62 Å². The van der Waals surface area contributed by atoms with Gasteiger partial charge in [0.1, 0.15) is 12.6 Å². The van der Waals surface area contributed by atoms with Gasteiger partial charge in [-0.15, -0.1) is 0 Å². The molecule has 0 aliphatic carbocycles. The summed E-state index contributed by atoms with van der Waals surface area (Å²) in [5, 5.41) is 3.71. The highest BCUT2D eigenvalue weighted by atomic mass is 35.5. The number of aryl methyl sites for hydroxylation is 1. The first-order valence-corrected chi connectivity index (χ1v) is 14.8. The molecule has 3 aromatic carbocycles. The van der Waals surface area contributed by atoms with Crippen molar-refractivity contribution in [1.29, 1.82) is 0 Å². The Bertz CT molecular complexity index is 1410. The van der Waals surface area contributed by atoms with Crippen molar-refractivity contribution in [2.24, 2.45) is 0 Å². The van der Waals surface area contributed by atoms with Gasteiger partial charge in [-0.05, 0) is 75.2 Å². The van der Waals surface area contributed by atoms with Crippen LogP contribution in [0, 0.1) is 6.92 Å². The van der Waals surface area contributed by atoms with Crippen LogP contribution in [0.25, 0.3) is 0 Å². The van der Waals surface area contributed by atoms with Gasteiger partial charge >= 0.3 is 0 Å². The number of sulfonamides is 1. The SMILES string of the molecule is CC[C@@H](C)NC(=O)[C@H](C)N(Cc1cccc(Cl)c1)C(=O)CN(c1cccc(Cl)c1)S(=O)(=O)c1ccc(C)cc1. The lowest BCUT2D eigenvalue weighted by Gasteiger charge is -2.32. The topological polar surface area (TPSA) is 86.8 Å². The van der Waals surface area contributed by atoms with Gasteiger partial charge in [-0.3, -0.25) is 13.9 Å². The summed E-state index contributed by atoms with van der Waals surface area (Å²) in [5.41, 5.74) is 1.83. The summed E-state index contributed by atoms with van der Waals surface area (Å²) in [6.45, 7) is 6.82. The molecule has 7 nitrogen and oxygen atoms in total. The van der Waals surface area contributed by atoms with Gasteiger partial charge in [0.2, 0.25) is 11.8 Å². The Morgan fingerprint density at radius 1 is 0.923 bits per heavy atom. The lowest BCUT2D eigenvalue weighted by molar-refractivity contribution is -0.139. The van der Waals surface area contributed by atoms with Gasteiger partial charge in [0.05, 0.1) is 10.6 Å². The Morgan fingerprint density at radius 2 is 1.54 bits per heavy atom. The average molecular weight is 591 g/mol. The number of nitrogens with one attached hydrogen (secondary N) is 1. The van der Waals surface area contributed by atoms with Gasteiger partial charge in [0, 0.05) is 22.6 Å². The van der Waals surface area contributed by atoms with Crippen molar-refractivity contribution < 1.29 is 18.0 Å². The lowest BCUT2D eigenvalue weighted by Crippen LogP contribution is -2.52. The van der Waals surface area contributed by atoms with Crippen LogP contribution in [0.4, 0.5) is 5.69 Å². The van der Waals surface area contributed by atoms with E-state index >= 15 is 0 Å². The van der Waals surface area contributed by atoms with Crippen molar-refractivity contribution in [2.75, 3.05) is 10.8 Å². The normalized spacial score (nSPS) is 12.9. The van der Waals surface area contributed by atoms with Crippen LogP contribution in [0.3, 0.4) is 0 Å². The Labute approximate surface area is 240 Å². The van der Waals surface area contributed by atoms with E-state index in [4.69, 9.17) is 23.2 Å². The summed E-state index contributed by atoms with van der Waals surface area (Å²) in [7, 11) is -4.16. The first kappa shape index (κ1) is 30.5. The zero-order chi connectivity index (χ0) is 28.7. The zero-order valence-corrected chi connectivity index (χ0v) is 24.7. The second-order valence-electron chi connectivity index (χ2n) is 9.45. The average Bonchev–Trinajstić information content (AvgIpc) is 2.89. The molecular weight excluding hydrogens is 557 g/mol. The first-order valence-electron chi connectivity index (χ1n) is 12.6. The number of hydrogen-bond donors (Lipinski definition) is 1. The summed E-state index contributed by atoms with van der Waals surface area (Å²) < 4.78 is 28.7. The van der Waals surface area contributed by atoms with Gasteiger partial charge in [0.15, 0.2) is 0 Å². The van der Waals surface area contributed by atoms with Crippen LogP contribution >= 0.6 is 23.2 Å². The maximum absolute atomic E-state index is 13.9. The Hall–Kier alpha value is -3.07. The number of nitrogens with zero attached hydrogens (tertiary/aromatic N) is 2. The van der Waals surface area contributed by atoms with E-state index in [1.807, 2.05) is 20.8 Å². The van der Waals surface area contributed by atoms with Crippen LogP contribution in [0.5, 0.6) is 0 Å². The number of anilines is 1. The summed E-state index contributed by atoms with van der Waals surface area (Å²) in [5.74, 6) is -0.895. The number of rotatable bonds is 11. The molecule has 0 spiro atoms. The molecule has 0 saturated heterocycles. The predicted molar refractivity (Wildman–Crippen MR) is 157 cm³/mol. The molecule has 0 radical (unpaired) electrons. The molecule has 0 unspecified atom stereocenters. The fourth-order valence-electron chi connectivity index (χ4n) is 3.88. The molecule has 1 N–H and O–H groups in total. The molecule has 0 aliphatic rings.